The number of carbonyl (C=O) groups excluding carboxylic acids is 1. The first-order chi connectivity index (χ1) is 16.4. The molecule has 2 aliphatic rings. The molecule has 1 aromatic heterocycles. The molecule has 0 N–H and O–H groups in total. The first-order valence-corrected chi connectivity index (χ1v) is 11.2. The number of rotatable bonds is 6. The molecule has 1 saturated heterocycles. The van der Waals surface area contributed by atoms with Crippen molar-refractivity contribution in [3.8, 4) is 0 Å². The van der Waals surface area contributed by atoms with Gasteiger partial charge in [0.25, 0.3) is 5.91 Å². The number of piperidine rings is 1. The number of halogens is 6. The standard InChI is InChI=1S/C22H24F6N4O3/c1-35-8-7-31-20(34)32(17-4-5-17)18(29-31)13-3-2-6-30(12-13)19(33)14-9-15(21(23,24)25)11-16(10-14)22(26,27)28/h9-11,13,17H,2-8,12H2,1H3. The molecule has 7 nitrogen and oxygen atoms in total. The summed E-state index contributed by atoms with van der Waals surface area (Å²) < 4.78 is 87.3. The van der Waals surface area contributed by atoms with Gasteiger partial charge in [-0.1, -0.05) is 0 Å². The van der Waals surface area contributed by atoms with Crippen molar-refractivity contribution in [2.75, 3.05) is 26.8 Å². The molecule has 0 radical (unpaired) electrons. The number of methoxy groups -OCH3 is 1. The molecule has 2 aromatic rings. The van der Waals surface area contributed by atoms with Crippen LogP contribution in [0.1, 0.15) is 65.0 Å². The lowest BCUT2D eigenvalue weighted by molar-refractivity contribution is -0.143. The SMILES string of the molecule is COCCn1nc(C2CCCN(C(=O)c3cc(C(F)(F)F)cc(C(F)(F)F)c3)C2)n(C2CC2)c1=O. The van der Waals surface area contributed by atoms with E-state index in [0.717, 1.165) is 12.8 Å². The minimum absolute atomic E-state index is 0.00214. The number of likely N-dealkylation sites (tertiary alicyclic amines) is 1. The fraction of sp³-hybridized carbons (Fsp3) is 0.591. The van der Waals surface area contributed by atoms with Gasteiger partial charge in [0, 0.05) is 37.7 Å². The maximum Gasteiger partial charge on any atom is 0.416 e. The molecule has 1 atom stereocenters. The van der Waals surface area contributed by atoms with E-state index in [9.17, 15) is 35.9 Å². The van der Waals surface area contributed by atoms with E-state index in [2.05, 4.69) is 5.10 Å². The van der Waals surface area contributed by atoms with Crippen molar-refractivity contribution in [2.24, 2.45) is 0 Å². The lowest BCUT2D eigenvalue weighted by Gasteiger charge is -2.32. The summed E-state index contributed by atoms with van der Waals surface area (Å²) in [5.41, 5.74) is -4.05. The van der Waals surface area contributed by atoms with Crippen LogP contribution < -0.4 is 5.69 Å². The van der Waals surface area contributed by atoms with Gasteiger partial charge in [-0.3, -0.25) is 9.36 Å². The van der Waals surface area contributed by atoms with Crippen molar-refractivity contribution in [1.29, 1.82) is 0 Å². The molecular weight excluding hydrogens is 482 g/mol. The molecule has 4 rings (SSSR count). The van der Waals surface area contributed by atoms with Crippen LogP contribution in [0, 0.1) is 0 Å². The Morgan fingerprint density at radius 3 is 2.23 bits per heavy atom. The van der Waals surface area contributed by atoms with Crippen molar-refractivity contribution >= 4 is 5.91 Å². The number of aromatic nitrogens is 3. The number of carbonyl (C=O) groups is 1. The van der Waals surface area contributed by atoms with Crippen molar-refractivity contribution in [1.82, 2.24) is 19.2 Å². The maximum absolute atomic E-state index is 13.2. The Kier molecular flexibility index (Phi) is 6.73. The molecule has 13 heteroatoms. The molecule has 1 amide bonds. The summed E-state index contributed by atoms with van der Waals surface area (Å²) >= 11 is 0. The molecule has 1 unspecified atom stereocenters. The number of alkyl halides is 6. The third-order valence-electron chi connectivity index (χ3n) is 6.22. The molecular formula is C22H24F6N4O3. The maximum atomic E-state index is 13.2. The first-order valence-electron chi connectivity index (χ1n) is 11.2. The fourth-order valence-electron chi connectivity index (χ4n) is 4.35. The van der Waals surface area contributed by atoms with E-state index in [-0.39, 0.29) is 50.0 Å². The Morgan fingerprint density at radius 1 is 1.06 bits per heavy atom. The third-order valence-corrected chi connectivity index (χ3v) is 6.22. The normalized spacial score (nSPS) is 19.3. The quantitative estimate of drug-likeness (QED) is 0.554. The monoisotopic (exact) mass is 506 g/mol. The minimum atomic E-state index is -5.05. The molecule has 1 saturated carbocycles. The molecule has 1 aromatic carbocycles. The van der Waals surface area contributed by atoms with Crippen molar-refractivity contribution in [2.45, 2.75) is 56.5 Å². The van der Waals surface area contributed by atoms with E-state index in [1.54, 1.807) is 4.57 Å². The van der Waals surface area contributed by atoms with Crippen molar-refractivity contribution < 1.29 is 35.9 Å². The van der Waals surface area contributed by atoms with Crippen LogP contribution in [-0.2, 0) is 23.6 Å². The highest BCUT2D eigenvalue weighted by Crippen LogP contribution is 2.39. The van der Waals surface area contributed by atoms with Gasteiger partial charge in [0.15, 0.2) is 0 Å². The van der Waals surface area contributed by atoms with Crippen LogP contribution >= 0.6 is 0 Å². The van der Waals surface area contributed by atoms with Gasteiger partial charge in [-0.25, -0.2) is 9.48 Å². The topological polar surface area (TPSA) is 69.4 Å². The highest BCUT2D eigenvalue weighted by atomic mass is 19.4. The zero-order chi connectivity index (χ0) is 25.5. The molecule has 192 valence electrons. The van der Waals surface area contributed by atoms with Gasteiger partial charge < -0.3 is 9.64 Å². The largest absolute Gasteiger partial charge is 0.416 e. The number of benzene rings is 1. The van der Waals surface area contributed by atoms with E-state index in [0.29, 0.717) is 30.8 Å². The number of nitrogens with zero attached hydrogens (tertiary/aromatic N) is 4. The predicted molar refractivity (Wildman–Crippen MR) is 111 cm³/mol. The minimum Gasteiger partial charge on any atom is -0.383 e. The summed E-state index contributed by atoms with van der Waals surface area (Å²) in [4.78, 5) is 27.1. The van der Waals surface area contributed by atoms with Crippen molar-refractivity contribution in [3.05, 3.63) is 51.2 Å². The number of hydrogen-bond acceptors (Lipinski definition) is 4. The van der Waals surface area contributed by atoms with Gasteiger partial charge in [0.1, 0.15) is 5.82 Å². The first kappa shape index (κ1) is 25.3. The van der Waals surface area contributed by atoms with E-state index in [4.69, 9.17) is 4.74 Å². The fourth-order valence-corrected chi connectivity index (χ4v) is 4.35. The average Bonchev–Trinajstić information content (AvgIpc) is 3.58. The number of ether oxygens (including phenoxy) is 1. The summed E-state index contributed by atoms with van der Waals surface area (Å²) in [6, 6.07) is 0.885. The number of amides is 1. The van der Waals surface area contributed by atoms with Gasteiger partial charge in [-0.2, -0.15) is 31.4 Å². The zero-order valence-corrected chi connectivity index (χ0v) is 18.8. The number of hydrogen-bond donors (Lipinski definition) is 0. The van der Waals surface area contributed by atoms with Crippen LogP contribution in [0.5, 0.6) is 0 Å². The van der Waals surface area contributed by atoms with Crippen LogP contribution in [0.3, 0.4) is 0 Å². The van der Waals surface area contributed by atoms with Gasteiger partial charge in [-0.15, -0.1) is 0 Å². The summed E-state index contributed by atoms with van der Waals surface area (Å²) in [6.07, 6.45) is -7.43. The van der Waals surface area contributed by atoms with E-state index >= 15 is 0 Å². The van der Waals surface area contributed by atoms with Gasteiger partial charge in [-0.05, 0) is 43.9 Å². The van der Waals surface area contributed by atoms with Crippen molar-refractivity contribution in [3.63, 3.8) is 0 Å². The van der Waals surface area contributed by atoms with Crippen LogP contribution in [0.25, 0.3) is 0 Å². The van der Waals surface area contributed by atoms with Crippen LogP contribution in [0.15, 0.2) is 23.0 Å². The second-order valence-corrected chi connectivity index (χ2v) is 8.84. The lowest BCUT2D eigenvalue weighted by atomic mass is 9.95. The summed E-state index contributed by atoms with van der Waals surface area (Å²) in [7, 11) is 1.49. The van der Waals surface area contributed by atoms with Crippen LogP contribution in [-0.4, -0.2) is 52.0 Å². The molecule has 1 aliphatic carbocycles. The Labute approximate surface area is 196 Å². The molecule has 35 heavy (non-hydrogen) atoms. The van der Waals surface area contributed by atoms with Gasteiger partial charge >= 0.3 is 18.0 Å². The molecule has 2 heterocycles. The van der Waals surface area contributed by atoms with E-state index < -0.39 is 35.0 Å². The molecule has 0 spiro atoms. The summed E-state index contributed by atoms with van der Waals surface area (Å²) in [6.45, 7) is 0.712. The Hall–Kier alpha value is -2.83. The zero-order valence-electron chi connectivity index (χ0n) is 18.8. The third kappa shape index (κ3) is 5.39. The van der Waals surface area contributed by atoms with Crippen LogP contribution in [0.4, 0.5) is 26.3 Å². The summed E-state index contributed by atoms with van der Waals surface area (Å²) in [5.74, 6) is -0.825. The molecule has 1 aliphatic heterocycles. The van der Waals surface area contributed by atoms with E-state index in [1.807, 2.05) is 0 Å². The Balaban J connectivity index is 1.63. The summed E-state index contributed by atoms with van der Waals surface area (Å²) in [5, 5.41) is 4.44. The second-order valence-electron chi connectivity index (χ2n) is 8.84. The molecule has 2 fully saturated rings. The van der Waals surface area contributed by atoms with Crippen LogP contribution in [0.2, 0.25) is 0 Å². The van der Waals surface area contributed by atoms with Gasteiger partial charge in [0.05, 0.1) is 24.3 Å². The molecule has 0 bridgehead atoms. The smallest absolute Gasteiger partial charge is 0.383 e. The highest BCUT2D eigenvalue weighted by Gasteiger charge is 2.39. The average molecular weight is 506 g/mol. The Morgan fingerprint density at radius 2 is 1.69 bits per heavy atom. The van der Waals surface area contributed by atoms with E-state index in [1.165, 1.54) is 16.7 Å². The second kappa shape index (κ2) is 9.32. The predicted octanol–water partition coefficient (Wildman–Crippen LogP) is 4.08. The lowest BCUT2D eigenvalue weighted by Crippen LogP contribution is -2.40. The Bertz CT molecular complexity index is 1120. The highest BCUT2D eigenvalue weighted by molar-refractivity contribution is 5.94. The van der Waals surface area contributed by atoms with Gasteiger partial charge in [0.2, 0.25) is 0 Å².